The van der Waals surface area contributed by atoms with Gasteiger partial charge in [-0.15, -0.1) is 0 Å². The molecule has 0 amide bonds. The lowest BCUT2D eigenvalue weighted by Gasteiger charge is -2.15. The fourth-order valence-corrected chi connectivity index (χ4v) is 3.06. The average Bonchev–Trinajstić information content (AvgIpc) is 2.97. The molecule has 0 N–H and O–H groups in total. The molecule has 2 rings (SSSR count). The Morgan fingerprint density at radius 2 is 2.05 bits per heavy atom. The lowest BCUT2D eigenvalue weighted by atomic mass is 10.3. The van der Waals surface area contributed by atoms with Crippen LogP contribution in [0.3, 0.4) is 0 Å². The van der Waals surface area contributed by atoms with Gasteiger partial charge in [-0.05, 0) is 13.8 Å². The zero-order chi connectivity index (χ0) is 14.9. The Balaban J connectivity index is 2.23. The summed E-state index contributed by atoms with van der Waals surface area (Å²) in [6, 6.07) is 0. The van der Waals surface area contributed by atoms with Crippen LogP contribution in [-0.2, 0) is 30.2 Å². The monoisotopic (exact) mass is 297 g/mol. The van der Waals surface area contributed by atoms with Crippen LogP contribution in [0.2, 0.25) is 0 Å². The summed E-state index contributed by atoms with van der Waals surface area (Å²) in [5.41, 5.74) is 1.72. The third kappa shape index (κ3) is 2.75. The SMILES string of the molecule is CCn1cc(S(=O)(=O)N(C)Cc2cn(C)nc2C)cn1. The lowest BCUT2D eigenvalue weighted by molar-refractivity contribution is 0.465. The maximum atomic E-state index is 12.4. The van der Waals surface area contributed by atoms with Crippen molar-refractivity contribution in [1.29, 1.82) is 0 Å². The Bertz CT molecular complexity index is 701. The molecular formula is C12H19N5O2S. The normalized spacial score (nSPS) is 12.2. The molecule has 0 aliphatic carbocycles. The fourth-order valence-electron chi connectivity index (χ4n) is 1.96. The molecule has 0 aromatic carbocycles. The van der Waals surface area contributed by atoms with Crippen molar-refractivity contribution in [1.82, 2.24) is 23.9 Å². The van der Waals surface area contributed by atoms with Crippen LogP contribution in [-0.4, -0.2) is 39.3 Å². The van der Waals surface area contributed by atoms with Crippen molar-refractivity contribution in [3.63, 3.8) is 0 Å². The summed E-state index contributed by atoms with van der Waals surface area (Å²) < 4.78 is 29.4. The maximum absolute atomic E-state index is 12.4. The van der Waals surface area contributed by atoms with Gasteiger partial charge in [0.05, 0.1) is 11.9 Å². The van der Waals surface area contributed by atoms with Gasteiger partial charge in [0.2, 0.25) is 10.0 Å². The molecule has 8 heteroatoms. The maximum Gasteiger partial charge on any atom is 0.246 e. The second-order valence-electron chi connectivity index (χ2n) is 4.71. The summed E-state index contributed by atoms with van der Waals surface area (Å²) >= 11 is 0. The number of nitrogens with zero attached hydrogens (tertiary/aromatic N) is 5. The number of hydrogen-bond acceptors (Lipinski definition) is 4. The van der Waals surface area contributed by atoms with Crippen molar-refractivity contribution >= 4 is 10.0 Å². The summed E-state index contributed by atoms with van der Waals surface area (Å²) in [7, 11) is -0.145. The minimum atomic E-state index is -3.52. The van der Waals surface area contributed by atoms with Gasteiger partial charge < -0.3 is 0 Å². The first-order valence-corrected chi connectivity index (χ1v) is 7.76. The van der Waals surface area contributed by atoms with Crippen LogP contribution < -0.4 is 0 Å². The van der Waals surface area contributed by atoms with Gasteiger partial charge in [0.1, 0.15) is 4.90 Å². The lowest BCUT2D eigenvalue weighted by Crippen LogP contribution is -2.26. The first-order chi connectivity index (χ1) is 9.34. The third-order valence-corrected chi connectivity index (χ3v) is 4.91. The van der Waals surface area contributed by atoms with Gasteiger partial charge in [-0.2, -0.15) is 14.5 Å². The van der Waals surface area contributed by atoms with E-state index in [2.05, 4.69) is 10.2 Å². The van der Waals surface area contributed by atoms with E-state index in [0.29, 0.717) is 13.1 Å². The summed E-state index contributed by atoms with van der Waals surface area (Å²) in [6.45, 7) is 4.71. The summed E-state index contributed by atoms with van der Waals surface area (Å²) in [5.74, 6) is 0. The highest BCUT2D eigenvalue weighted by molar-refractivity contribution is 7.89. The molecule has 0 atom stereocenters. The van der Waals surface area contributed by atoms with E-state index in [9.17, 15) is 8.42 Å². The second kappa shape index (κ2) is 5.37. The van der Waals surface area contributed by atoms with Crippen LogP contribution in [0.15, 0.2) is 23.5 Å². The van der Waals surface area contributed by atoms with E-state index in [1.807, 2.05) is 27.1 Å². The Hall–Kier alpha value is -1.67. The highest BCUT2D eigenvalue weighted by Crippen LogP contribution is 2.17. The molecule has 0 saturated heterocycles. The molecule has 7 nitrogen and oxygen atoms in total. The topological polar surface area (TPSA) is 73.0 Å². The highest BCUT2D eigenvalue weighted by Gasteiger charge is 2.23. The molecule has 2 aromatic heterocycles. The van der Waals surface area contributed by atoms with Gasteiger partial charge >= 0.3 is 0 Å². The second-order valence-corrected chi connectivity index (χ2v) is 6.75. The number of rotatable bonds is 5. The van der Waals surface area contributed by atoms with Crippen LogP contribution >= 0.6 is 0 Å². The van der Waals surface area contributed by atoms with Crippen LogP contribution in [0, 0.1) is 6.92 Å². The van der Waals surface area contributed by atoms with Crippen molar-refractivity contribution < 1.29 is 8.42 Å². The first kappa shape index (κ1) is 14.7. The largest absolute Gasteiger partial charge is 0.275 e. The van der Waals surface area contributed by atoms with E-state index in [4.69, 9.17) is 0 Å². The average molecular weight is 297 g/mol. The fraction of sp³-hybridized carbons (Fsp3) is 0.500. The van der Waals surface area contributed by atoms with Crippen LogP contribution in [0.5, 0.6) is 0 Å². The van der Waals surface area contributed by atoms with Gasteiger partial charge in [0.15, 0.2) is 0 Å². The molecule has 110 valence electrons. The van der Waals surface area contributed by atoms with Crippen LogP contribution in [0.25, 0.3) is 0 Å². The molecule has 0 spiro atoms. The zero-order valence-electron chi connectivity index (χ0n) is 12.1. The molecule has 0 fully saturated rings. The van der Waals surface area contributed by atoms with Crippen molar-refractivity contribution in [2.45, 2.75) is 31.8 Å². The van der Waals surface area contributed by atoms with E-state index in [1.165, 1.54) is 10.5 Å². The van der Waals surface area contributed by atoms with Gasteiger partial charge in [-0.1, -0.05) is 0 Å². The van der Waals surface area contributed by atoms with E-state index >= 15 is 0 Å². The minimum absolute atomic E-state index is 0.211. The van der Waals surface area contributed by atoms with Crippen molar-refractivity contribution in [2.75, 3.05) is 7.05 Å². The molecule has 2 heterocycles. The number of hydrogen-bond donors (Lipinski definition) is 0. The van der Waals surface area contributed by atoms with Crippen molar-refractivity contribution in [2.24, 2.45) is 7.05 Å². The molecular weight excluding hydrogens is 278 g/mol. The van der Waals surface area contributed by atoms with Crippen molar-refractivity contribution in [3.05, 3.63) is 29.8 Å². The molecule has 0 aliphatic rings. The standard InChI is InChI=1S/C12H19N5O2S/c1-5-17-9-12(6-13-17)20(18,19)16(4)8-11-7-15(3)14-10(11)2/h6-7,9H,5,8H2,1-4H3. The number of sulfonamides is 1. The molecule has 0 aliphatic heterocycles. The van der Waals surface area contributed by atoms with Crippen LogP contribution in [0.1, 0.15) is 18.2 Å². The van der Waals surface area contributed by atoms with E-state index in [-0.39, 0.29) is 4.90 Å². The van der Waals surface area contributed by atoms with Crippen molar-refractivity contribution in [3.8, 4) is 0 Å². The Labute approximate surface area is 118 Å². The molecule has 20 heavy (non-hydrogen) atoms. The van der Waals surface area contributed by atoms with Gasteiger partial charge in [0.25, 0.3) is 0 Å². The predicted molar refractivity (Wildman–Crippen MR) is 74.5 cm³/mol. The Morgan fingerprint density at radius 1 is 1.35 bits per heavy atom. The smallest absolute Gasteiger partial charge is 0.246 e. The summed E-state index contributed by atoms with van der Waals surface area (Å²) in [6.07, 6.45) is 4.75. The third-order valence-electron chi connectivity index (χ3n) is 3.15. The van der Waals surface area contributed by atoms with Crippen LogP contribution in [0.4, 0.5) is 0 Å². The summed E-state index contributed by atoms with van der Waals surface area (Å²) in [5, 5.41) is 8.22. The highest BCUT2D eigenvalue weighted by atomic mass is 32.2. The minimum Gasteiger partial charge on any atom is -0.275 e. The van der Waals surface area contributed by atoms with E-state index in [1.54, 1.807) is 22.6 Å². The zero-order valence-corrected chi connectivity index (χ0v) is 12.9. The molecule has 0 saturated carbocycles. The number of aryl methyl sites for hydroxylation is 3. The molecule has 0 unspecified atom stereocenters. The van der Waals surface area contributed by atoms with E-state index < -0.39 is 10.0 Å². The molecule has 0 bridgehead atoms. The Morgan fingerprint density at radius 3 is 2.55 bits per heavy atom. The predicted octanol–water partition coefficient (Wildman–Crippen LogP) is 0.766. The molecule has 0 radical (unpaired) electrons. The molecule has 2 aromatic rings. The van der Waals surface area contributed by atoms with E-state index in [0.717, 1.165) is 11.3 Å². The first-order valence-electron chi connectivity index (χ1n) is 6.32. The summed E-state index contributed by atoms with van der Waals surface area (Å²) in [4.78, 5) is 0.211. The van der Waals surface area contributed by atoms with Gasteiger partial charge in [0, 0.05) is 45.1 Å². The Kier molecular flexibility index (Phi) is 3.96. The number of aromatic nitrogens is 4. The van der Waals surface area contributed by atoms with Gasteiger partial charge in [-0.3, -0.25) is 9.36 Å². The quantitative estimate of drug-likeness (QED) is 0.817. The van der Waals surface area contributed by atoms with Gasteiger partial charge in [-0.25, -0.2) is 8.42 Å².